The van der Waals surface area contributed by atoms with Crippen LogP contribution in [0.25, 0.3) is 0 Å². The van der Waals surface area contributed by atoms with E-state index in [2.05, 4.69) is 5.32 Å². The van der Waals surface area contributed by atoms with E-state index < -0.39 is 35.9 Å². The quantitative estimate of drug-likeness (QED) is 0.574. The minimum atomic E-state index is -0.764. The molecule has 0 aromatic heterocycles. The summed E-state index contributed by atoms with van der Waals surface area (Å²) < 4.78 is 28.6. The maximum Gasteiger partial charge on any atom is 0.412 e. The molecule has 1 N–H and O–H groups in total. The maximum atomic E-state index is 13.7. The second kappa shape index (κ2) is 9.18. The summed E-state index contributed by atoms with van der Waals surface area (Å²) in [7, 11) is 1.31. The number of hydrogen-bond donors (Lipinski definition) is 1. The molecule has 0 saturated heterocycles. The van der Waals surface area contributed by atoms with Crippen molar-refractivity contribution in [3.8, 4) is 5.75 Å². The predicted octanol–water partition coefficient (Wildman–Crippen LogP) is 4.22. The van der Waals surface area contributed by atoms with Gasteiger partial charge in [-0.2, -0.15) is 0 Å². The first-order valence-corrected chi connectivity index (χ1v) is 8.73. The fourth-order valence-electron chi connectivity index (χ4n) is 2.28. The van der Waals surface area contributed by atoms with Crippen molar-refractivity contribution in [2.24, 2.45) is 0 Å². The Morgan fingerprint density at radius 3 is 2.38 bits per heavy atom. The molecule has 0 spiro atoms. The first kappa shape index (κ1) is 21.9. The number of anilines is 1. The molecular weight excluding hydrogens is 381 g/mol. The van der Waals surface area contributed by atoms with E-state index in [1.807, 2.05) is 0 Å². The molecule has 0 aliphatic carbocycles. The molecular formula is C21H22FNO6. The van der Waals surface area contributed by atoms with Crippen LogP contribution in [0.4, 0.5) is 14.9 Å². The molecule has 2 aromatic carbocycles. The number of rotatable bonds is 6. The van der Waals surface area contributed by atoms with Crippen LogP contribution < -0.4 is 10.1 Å². The zero-order chi connectivity index (χ0) is 21.6. The normalized spacial score (nSPS) is 10.8. The number of benzene rings is 2. The van der Waals surface area contributed by atoms with Gasteiger partial charge in [-0.05, 0) is 57.2 Å². The second-order valence-electron chi connectivity index (χ2n) is 7.06. The molecule has 0 radical (unpaired) electrons. The van der Waals surface area contributed by atoms with Gasteiger partial charge in [-0.25, -0.2) is 14.0 Å². The number of methoxy groups -OCH3 is 1. The summed E-state index contributed by atoms with van der Waals surface area (Å²) in [6.45, 7) is 4.62. The standard InChI is InChI=1S/C21H22FNO6/c1-21(2,3)29-20(26)23-15-7-5-6-14(10-15)19(25)28-12-17(24)13-8-9-18(27-4)16(22)11-13/h5-11H,12H2,1-4H3,(H,23,26). The molecule has 1 amide bonds. The minimum absolute atomic E-state index is 0.00727. The fraction of sp³-hybridized carbons (Fsp3) is 0.286. The van der Waals surface area contributed by atoms with E-state index in [9.17, 15) is 18.8 Å². The summed E-state index contributed by atoms with van der Waals surface area (Å²) in [5, 5.41) is 2.51. The van der Waals surface area contributed by atoms with Crippen molar-refractivity contribution in [1.29, 1.82) is 0 Å². The summed E-state index contributed by atoms with van der Waals surface area (Å²) in [6.07, 6.45) is -0.667. The SMILES string of the molecule is COc1ccc(C(=O)COC(=O)c2cccc(NC(=O)OC(C)(C)C)c2)cc1F. The van der Waals surface area contributed by atoms with Crippen LogP contribution in [0.15, 0.2) is 42.5 Å². The number of ketones is 1. The molecule has 2 rings (SSSR count). The molecule has 7 nitrogen and oxygen atoms in total. The number of halogens is 1. The zero-order valence-electron chi connectivity index (χ0n) is 16.6. The largest absolute Gasteiger partial charge is 0.494 e. The predicted molar refractivity (Wildman–Crippen MR) is 104 cm³/mol. The highest BCUT2D eigenvalue weighted by atomic mass is 19.1. The molecule has 0 atom stereocenters. The molecule has 0 aliphatic rings. The highest BCUT2D eigenvalue weighted by molar-refractivity contribution is 5.99. The Labute approximate surface area is 167 Å². The smallest absolute Gasteiger partial charge is 0.412 e. The number of ether oxygens (including phenoxy) is 3. The van der Waals surface area contributed by atoms with Gasteiger partial charge in [-0.1, -0.05) is 6.07 Å². The first-order chi connectivity index (χ1) is 13.6. The summed E-state index contributed by atoms with van der Waals surface area (Å²) in [5.41, 5.74) is -0.150. The van der Waals surface area contributed by atoms with E-state index >= 15 is 0 Å². The van der Waals surface area contributed by atoms with Crippen LogP contribution >= 0.6 is 0 Å². The van der Waals surface area contributed by atoms with Crippen LogP contribution in [0, 0.1) is 5.82 Å². The Balaban J connectivity index is 1.98. The van der Waals surface area contributed by atoms with Gasteiger partial charge >= 0.3 is 12.1 Å². The first-order valence-electron chi connectivity index (χ1n) is 8.73. The van der Waals surface area contributed by atoms with Crippen molar-refractivity contribution in [1.82, 2.24) is 0 Å². The van der Waals surface area contributed by atoms with Crippen molar-refractivity contribution in [3.05, 3.63) is 59.4 Å². The number of carbonyl (C=O) groups excluding carboxylic acids is 3. The van der Waals surface area contributed by atoms with E-state index in [1.165, 1.54) is 31.4 Å². The molecule has 0 aliphatic heterocycles. The van der Waals surface area contributed by atoms with Crippen LogP contribution in [-0.2, 0) is 9.47 Å². The molecule has 8 heteroatoms. The van der Waals surface area contributed by atoms with Gasteiger partial charge in [0, 0.05) is 11.3 Å². The summed E-state index contributed by atoms with van der Waals surface area (Å²) >= 11 is 0. The van der Waals surface area contributed by atoms with Gasteiger partial charge in [-0.3, -0.25) is 10.1 Å². The van der Waals surface area contributed by atoms with E-state index in [1.54, 1.807) is 32.9 Å². The summed E-state index contributed by atoms with van der Waals surface area (Å²) in [6, 6.07) is 9.69. The van der Waals surface area contributed by atoms with Crippen molar-refractivity contribution < 1.29 is 33.0 Å². The number of hydrogen-bond acceptors (Lipinski definition) is 6. The van der Waals surface area contributed by atoms with Crippen LogP contribution in [0.1, 0.15) is 41.5 Å². The third kappa shape index (κ3) is 6.60. The highest BCUT2D eigenvalue weighted by Crippen LogP contribution is 2.18. The van der Waals surface area contributed by atoms with Crippen molar-refractivity contribution in [2.45, 2.75) is 26.4 Å². The molecule has 0 heterocycles. The van der Waals surface area contributed by atoms with E-state index in [4.69, 9.17) is 14.2 Å². The number of nitrogens with one attached hydrogen (secondary N) is 1. The number of carbonyl (C=O) groups is 3. The molecule has 29 heavy (non-hydrogen) atoms. The number of Topliss-reactive ketones (excluding diaryl/α,β-unsaturated/α-hetero) is 1. The van der Waals surface area contributed by atoms with Crippen molar-refractivity contribution in [3.63, 3.8) is 0 Å². The van der Waals surface area contributed by atoms with Crippen LogP contribution in [0.2, 0.25) is 0 Å². The maximum absolute atomic E-state index is 13.7. The van der Waals surface area contributed by atoms with E-state index in [0.29, 0.717) is 5.69 Å². The summed E-state index contributed by atoms with van der Waals surface area (Å²) in [4.78, 5) is 36.1. The Morgan fingerprint density at radius 1 is 1.03 bits per heavy atom. The second-order valence-corrected chi connectivity index (χ2v) is 7.06. The lowest BCUT2D eigenvalue weighted by atomic mass is 10.1. The van der Waals surface area contributed by atoms with Crippen LogP contribution in [0.3, 0.4) is 0 Å². The Kier molecular flexibility index (Phi) is 6.93. The Morgan fingerprint density at radius 2 is 1.76 bits per heavy atom. The Hall–Kier alpha value is -3.42. The van der Waals surface area contributed by atoms with Gasteiger partial charge in [0.05, 0.1) is 12.7 Å². The van der Waals surface area contributed by atoms with Crippen molar-refractivity contribution in [2.75, 3.05) is 19.0 Å². The lowest BCUT2D eigenvalue weighted by molar-refractivity contribution is 0.0474. The van der Waals surface area contributed by atoms with E-state index in [-0.39, 0.29) is 16.9 Å². The molecule has 0 fully saturated rings. The molecule has 2 aromatic rings. The number of esters is 1. The van der Waals surface area contributed by atoms with Gasteiger partial charge in [0.15, 0.2) is 24.0 Å². The monoisotopic (exact) mass is 403 g/mol. The van der Waals surface area contributed by atoms with Gasteiger partial charge in [0.1, 0.15) is 5.60 Å². The molecule has 154 valence electrons. The van der Waals surface area contributed by atoms with Crippen molar-refractivity contribution >= 4 is 23.5 Å². The fourth-order valence-corrected chi connectivity index (χ4v) is 2.28. The average Bonchev–Trinajstić information content (AvgIpc) is 2.64. The van der Waals surface area contributed by atoms with Gasteiger partial charge in [-0.15, -0.1) is 0 Å². The van der Waals surface area contributed by atoms with Gasteiger partial charge < -0.3 is 14.2 Å². The Bertz CT molecular complexity index is 920. The van der Waals surface area contributed by atoms with E-state index in [0.717, 1.165) is 6.07 Å². The molecule has 0 unspecified atom stereocenters. The summed E-state index contributed by atoms with van der Waals surface area (Å²) in [5.74, 6) is -2.01. The average molecular weight is 403 g/mol. The lowest BCUT2D eigenvalue weighted by Crippen LogP contribution is -2.27. The van der Waals surface area contributed by atoms with Crippen LogP contribution in [0.5, 0.6) is 5.75 Å². The molecule has 0 bridgehead atoms. The highest BCUT2D eigenvalue weighted by Gasteiger charge is 2.17. The van der Waals surface area contributed by atoms with Gasteiger partial charge in [0.25, 0.3) is 0 Å². The van der Waals surface area contributed by atoms with Crippen LogP contribution in [-0.4, -0.2) is 37.2 Å². The zero-order valence-corrected chi connectivity index (χ0v) is 16.6. The third-order valence-corrected chi connectivity index (χ3v) is 3.55. The third-order valence-electron chi connectivity index (χ3n) is 3.55. The van der Waals surface area contributed by atoms with Gasteiger partial charge in [0.2, 0.25) is 0 Å². The minimum Gasteiger partial charge on any atom is -0.494 e. The topological polar surface area (TPSA) is 90.9 Å². The number of amides is 1. The molecule has 0 saturated carbocycles. The lowest BCUT2D eigenvalue weighted by Gasteiger charge is -2.19.